The lowest BCUT2D eigenvalue weighted by Gasteiger charge is -2.16. The van der Waals surface area contributed by atoms with E-state index in [0.29, 0.717) is 0 Å². The van der Waals surface area contributed by atoms with Gasteiger partial charge >= 0.3 is 0 Å². The quantitative estimate of drug-likeness (QED) is 0.702. The summed E-state index contributed by atoms with van der Waals surface area (Å²) in [6, 6.07) is 5.88. The van der Waals surface area contributed by atoms with Crippen molar-refractivity contribution in [2.45, 2.75) is 0 Å². The average Bonchev–Trinajstić information content (AvgIpc) is 2.69. The summed E-state index contributed by atoms with van der Waals surface area (Å²) in [5.41, 5.74) is -0.664. The van der Waals surface area contributed by atoms with E-state index >= 15 is 0 Å². The van der Waals surface area contributed by atoms with Crippen LogP contribution in [-0.2, 0) is 0 Å². The highest BCUT2D eigenvalue weighted by molar-refractivity contribution is 5.92. The summed E-state index contributed by atoms with van der Waals surface area (Å²) in [7, 11) is 5.59. The van der Waals surface area contributed by atoms with Gasteiger partial charge in [0.25, 0.3) is 0 Å². The van der Waals surface area contributed by atoms with Crippen LogP contribution in [0.4, 0.5) is 0 Å². The van der Waals surface area contributed by atoms with Crippen molar-refractivity contribution in [3.8, 4) is 45.8 Å². The van der Waals surface area contributed by atoms with Gasteiger partial charge in [-0.05, 0) is 18.2 Å². The summed E-state index contributed by atoms with van der Waals surface area (Å²) in [6.45, 7) is 0. The summed E-state index contributed by atoms with van der Waals surface area (Å²) in [4.78, 5) is 12.8. The average molecular weight is 374 g/mol. The molecule has 0 aliphatic heterocycles. The van der Waals surface area contributed by atoms with Crippen molar-refractivity contribution in [1.29, 1.82) is 0 Å². The molecule has 27 heavy (non-hydrogen) atoms. The van der Waals surface area contributed by atoms with Gasteiger partial charge in [-0.15, -0.1) is 0 Å². The first-order valence-electron chi connectivity index (χ1n) is 7.83. The minimum Gasteiger partial charge on any atom is -0.507 e. The SMILES string of the molecule is COc1cc2c(=O)c(O)c(-c3c(O)cccc3OC)oc2c(OC)c1OC. The molecule has 142 valence electrons. The van der Waals surface area contributed by atoms with Gasteiger partial charge in [0.2, 0.25) is 22.7 Å². The molecule has 3 aromatic rings. The van der Waals surface area contributed by atoms with E-state index in [0.717, 1.165) is 0 Å². The molecule has 1 heterocycles. The molecule has 0 saturated heterocycles. The van der Waals surface area contributed by atoms with Gasteiger partial charge in [-0.1, -0.05) is 6.07 Å². The lowest BCUT2D eigenvalue weighted by molar-refractivity contribution is 0.323. The zero-order chi connectivity index (χ0) is 19.7. The van der Waals surface area contributed by atoms with E-state index < -0.39 is 11.2 Å². The molecule has 0 radical (unpaired) electrons. The minimum atomic E-state index is -0.726. The normalized spacial score (nSPS) is 10.7. The van der Waals surface area contributed by atoms with E-state index in [1.165, 1.54) is 40.6 Å². The molecule has 0 amide bonds. The first-order chi connectivity index (χ1) is 13.0. The van der Waals surface area contributed by atoms with Gasteiger partial charge < -0.3 is 33.6 Å². The van der Waals surface area contributed by atoms with Gasteiger partial charge in [0.05, 0.1) is 33.8 Å². The number of phenols is 1. The summed E-state index contributed by atoms with van der Waals surface area (Å²) >= 11 is 0. The lowest BCUT2D eigenvalue weighted by atomic mass is 10.1. The molecule has 0 spiro atoms. The van der Waals surface area contributed by atoms with Gasteiger partial charge in [0.1, 0.15) is 17.1 Å². The molecule has 1 aromatic heterocycles. The predicted molar refractivity (Wildman–Crippen MR) is 97.5 cm³/mol. The van der Waals surface area contributed by atoms with Crippen LogP contribution in [0.15, 0.2) is 33.5 Å². The molecule has 0 fully saturated rings. The third-order valence-electron chi connectivity index (χ3n) is 4.11. The van der Waals surface area contributed by atoms with E-state index in [2.05, 4.69) is 0 Å². The molecule has 0 aliphatic rings. The number of benzene rings is 2. The second-order valence-corrected chi connectivity index (χ2v) is 5.49. The van der Waals surface area contributed by atoms with E-state index in [1.807, 2.05) is 0 Å². The highest BCUT2D eigenvalue weighted by atomic mass is 16.5. The Morgan fingerprint density at radius 1 is 0.889 bits per heavy atom. The second-order valence-electron chi connectivity index (χ2n) is 5.49. The second kappa shape index (κ2) is 6.99. The molecule has 0 atom stereocenters. The fourth-order valence-corrected chi connectivity index (χ4v) is 2.87. The van der Waals surface area contributed by atoms with Crippen LogP contribution in [0, 0.1) is 0 Å². The maximum absolute atomic E-state index is 12.8. The maximum atomic E-state index is 12.8. The number of methoxy groups -OCH3 is 4. The van der Waals surface area contributed by atoms with E-state index in [4.69, 9.17) is 23.4 Å². The molecule has 0 saturated carbocycles. The Bertz CT molecular complexity index is 1070. The van der Waals surface area contributed by atoms with Crippen molar-refractivity contribution in [2.24, 2.45) is 0 Å². The van der Waals surface area contributed by atoms with Crippen LogP contribution in [0.25, 0.3) is 22.3 Å². The monoisotopic (exact) mass is 374 g/mol. The first-order valence-corrected chi connectivity index (χ1v) is 7.83. The van der Waals surface area contributed by atoms with Crippen LogP contribution in [0.1, 0.15) is 0 Å². The highest BCUT2D eigenvalue weighted by Gasteiger charge is 2.26. The fraction of sp³-hybridized carbons (Fsp3) is 0.211. The van der Waals surface area contributed by atoms with Gasteiger partial charge in [-0.25, -0.2) is 0 Å². The molecule has 3 rings (SSSR count). The smallest absolute Gasteiger partial charge is 0.235 e. The number of fused-ring (bicyclic) bond motifs is 1. The number of hydrogen-bond donors (Lipinski definition) is 2. The van der Waals surface area contributed by atoms with Crippen molar-refractivity contribution in [3.05, 3.63) is 34.5 Å². The van der Waals surface area contributed by atoms with Crippen LogP contribution in [0.3, 0.4) is 0 Å². The zero-order valence-corrected chi connectivity index (χ0v) is 15.2. The van der Waals surface area contributed by atoms with Crippen LogP contribution in [0.5, 0.6) is 34.5 Å². The van der Waals surface area contributed by atoms with Gasteiger partial charge in [-0.3, -0.25) is 4.79 Å². The molecule has 0 unspecified atom stereocenters. The van der Waals surface area contributed by atoms with Crippen molar-refractivity contribution in [1.82, 2.24) is 0 Å². The molecular formula is C19H18O8. The fourth-order valence-electron chi connectivity index (χ4n) is 2.87. The molecule has 8 nitrogen and oxygen atoms in total. The van der Waals surface area contributed by atoms with Crippen molar-refractivity contribution in [3.63, 3.8) is 0 Å². The van der Waals surface area contributed by atoms with Gasteiger partial charge in [-0.2, -0.15) is 0 Å². The largest absolute Gasteiger partial charge is 0.507 e. The zero-order valence-electron chi connectivity index (χ0n) is 15.2. The predicted octanol–water partition coefficient (Wildman–Crippen LogP) is 2.91. The Morgan fingerprint density at radius 3 is 2.15 bits per heavy atom. The first kappa shape index (κ1) is 18.2. The number of hydrogen-bond acceptors (Lipinski definition) is 8. The van der Waals surface area contributed by atoms with Crippen LogP contribution in [-0.4, -0.2) is 38.7 Å². The van der Waals surface area contributed by atoms with Gasteiger partial charge in [0, 0.05) is 0 Å². The summed E-state index contributed by atoms with van der Waals surface area (Å²) in [6.07, 6.45) is 0. The van der Waals surface area contributed by atoms with Crippen molar-refractivity contribution in [2.75, 3.05) is 28.4 Å². The number of ether oxygens (including phenoxy) is 4. The number of phenolic OH excluding ortho intramolecular Hbond substituents is 1. The third kappa shape index (κ3) is 2.75. The number of aromatic hydroxyl groups is 2. The van der Waals surface area contributed by atoms with Crippen molar-refractivity contribution < 1.29 is 33.6 Å². The van der Waals surface area contributed by atoms with Crippen LogP contribution < -0.4 is 24.4 Å². The molecule has 2 N–H and O–H groups in total. The summed E-state index contributed by atoms with van der Waals surface area (Å²) < 4.78 is 26.9. The van der Waals surface area contributed by atoms with Crippen molar-refractivity contribution >= 4 is 11.0 Å². The number of rotatable bonds is 5. The van der Waals surface area contributed by atoms with Gasteiger partial charge in [0.15, 0.2) is 17.1 Å². The van der Waals surface area contributed by atoms with E-state index in [-0.39, 0.29) is 51.0 Å². The standard InChI is InChI=1S/C19H18O8/c1-23-11-7-5-6-10(20)13(11)18-15(22)14(21)9-8-12(24-2)17(25-3)19(26-4)16(9)27-18/h5-8,20,22H,1-4H3. The molecular weight excluding hydrogens is 356 g/mol. The maximum Gasteiger partial charge on any atom is 0.235 e. The molecule has 0 bridgehead atoms. The molecule has 0 aliphatic carbocycles. The molecule has 2 aromatic carbocycles. The minimum absolute atomic E-state index is 0.0262. The van der Waals surface area contributed by atoms with E-state index in [1.54, 1.807) is 12.1 Å². The Hall–Kier alpha value is -3.55. The Labute approximate surface area is 154 Å². The summed E-state index contributed by atoms with van der Waals surface area (Å²) in [5.74, 6) is -0.388. The Balaban J connectivity index is 2.49. The van der Waals surface area contributed by atoms with Crippen LogP contribution in [0.2, 0.25) is 0 Å². The van der Waals surface area contributed by atoms with Crippen LogP contribution >= 0.6 is 0 Å². The molecule has 8 heteroatoms. The Morgan fingerprint density at radius 2 is 1.56 bits per heavy atom. The third-order valence-corrected chi connectivity index (χ3v) is 4.11. The summed E-state index contributed by atoms with van der Waals surface area (Å²) in [5, 5.41) is 20.7. The lowest BCUT2D eigenvalue weighted by Crippen LogP contribution is -2.06. The Kier molecular flexibility index (Phi) is 4.72. The van der Waals surface area contributed by atoms with E-state index in [9.17, 15) is 15.0 Å². The highest BCUT2D eigenvalue weighted by Crippen LogP contribution is 2.47. The topological polar surface area (TPSA) is 108 Å².